The number of hydrogen-bond donors (Lipinski definition) is 1. The van der Waals surface area contributed by atoms with Crippen molar-refractivity contribution >= 4 is 11.3 Å². The van der Waals surface area contributed by atoms with Gasteiger partial charge in [0.1, 0.15) is 0 Å². The van der Waals surface area contributed by atoms with Crippen molar-refractivity contribution in [2.75, 3.05) is 6.54 Å². The largest absolute Gasteiger partial charge is 0.312 e. The number of aromatic nitrogens is 1. The van der Waals surface area contributed by atoms with Gasteiger partial charge in [0.25, 0.3) is 0 Å². The van der Waals surface area contributed by atoms with E-state index < -0.39 is 0 Å². The molecule has 16 heavy (non-hydrogen) atoms. The second-order valence-corrected chi connectivity index (χ2v) is 6.25. The van der Waals surface area contributed by atoms with Crippen molar-refractivity contribution in [1.29, 1.82) is 0 Å². The van der Waals surface area contributed by atoms with Gasteiger partial charge in [0.05, 0.1) is 10.7 Å². The van der Waals surface area contributed by atoms with Crippen LogP contribution < -0.4 is 5.32 Å². The van der Waals surface area contributed by atoms with Crippen LogP contribution in [0.25, 0.3) is 0 Å². The fourth-order valence-corrected chi connectivity index (χ4v) is 2.65. The summed E-state index contributed by atoms with van der Waals surface area (Å²) in [5.41, 5.74) is 1.48. The minimum Gasteiger partial charge on any atom is -0.312 e. The van der Waals surface area contributed by atoms with Gasteiger partial charge in [0.15, 0.2) is 0 Å². The highest BCUT2D eigenvalue weighted by molar-refractivity contribution is 7.11. The van der Waals surface area contributed by atoms with Crippen LogP contribution in [0.4, 0.5) is 0 Å². The molecule has 0 saturated carbocycles. The first-order valence-electron chi connectivity index (χ1n) is 6.18. The fourth-order valence-electron chi connectivity index (χ4n) is 1.51. The van der Waals surface area contributed by atoms with E-state index in [1.807, 2.05) is 11.3 Å². The van der Waals surface area contributed by atoms with Gasteiger partial charge in [-0.15, -0.1) is 11.3 Å². The third-order valence-electron chi connectivity index (χ3n) is 2.44. The van der Waals surface area contributed by atoms with E-state index in [-0.39, 0.29) is 5.41 Å². The molecular formula is C13H24N2S. The molecule has 0 atom stereocenters. The van der Waals surface area contributed by atoms with Gasteiger partial charge >= 0.3 is 0 Å². The van der Waals surface area contributed by atoms with Crippen LogP contribution >= 0.6 is 11.3 Å². The molecule has 0 spiro atoms. The number of nitrogens with zero attached hydrogens (tertiary/aromatic N) is 1. The Morgan fingerprint density at radius 2 is 1.94 bits per heavy atom. The Hall–Kier alpha value is -0.410. The zero-order chi connectivity index (χ0) is 12.2. The Morgan fingerprint density at radius 3 is 2.44 bits per heavy atom. The number of hydrogen-bond acceptors (Lipinski definition) is 3. The number of nitrogens with one attached hydrogen (secondary N) is 1. The minimum absolute atomic E-state index is 0.178. The summed E-state index contributed by atoms with van der Waals surface area (Å²) >= 11 is 1.87. The van der Waals surface area contributed by atoms with Gasteiger partial charge in [-0.1, -0.05) is 41.0 Å². The Bertz CT molecular complexity index is 323. The van der Waals surface area contributed by atoms with Crippen LogP contribution in [0.5, 0.6) is 0 Å². The van der Waals surface area contributed by atoms with Crippen LogP contribution in [0.15, 0.2) is 0 Å². The first kappa shape index (κ1) is 13.7. The van der Waals surface area contributed by atoms with Crippen LogP contribution in [0.2, 0.25) is 0 Å². The number of thiazole rings is 1. The van der Waals surface area contributed by atoms with Gasteiger partial charge in [-0.25, -0.2) is 4.98 Å². The summed E-state index contributed by atoms with van der Waals surface area (Å²) in [5, 5.41) is 4.67. The topological polar surface area (TPSA) is 24.9 Å². The lowest BCUT2D eigenvalue weighted by Crippen LogP contribution is -2.11. The van der Waals surface area contributed by atoms with E-state index in [0.717, 1.165) is 19.5 Å². The van der Waals surface area contributed by atoms with E-state index in [2.05, 4.69) is 39.9 Å². The second-order valence-electron chi connectivity index (χ2n) is 5.17. The van der Waals surface area contributed by atoms with Gasteiger partial charge in [-0.05, 0) is 13.0 Å². The fraction of sp³-hybridized carbons (Fsp3) is 0.769. The molecule has 1 heterocycles. The predicted octanol–water partition coefficient (Wildman–Crippen LogP) is 3.50. The Morgan fingerprint density at radius 1 is 1.25 bits per heavy atom. The third kappa shape index (κ3) is 3.56. The summed E-state index contributed by atoms with van der Waals surface area (Å²) in [6, 6.07) is 0. The van der Waals surface area contributed by atoms with Crippen molar-refractivity contribution in [3.8, 4) is 0 Å². The highest BCUT2D eigenvalue weighted by Gasteiger charge is 2.20. The first-order valence-corrected chi connectivity index (χ1v) is 7.00. The molecule has 0 aliphatic carbocycles. The third-order valence-corrected chi connectivity index (χ3v) is 3.97. The van der Waals surface area contributed by atoms with Crippen LogP contribution in [-0.4, -0.2) is 11.5 Å². The van der Waals surface area contributed by atoms with Crippen molar-refractivity contribution in [2.24, 2.45) is 0 Å². The van der Waals surface area contributed by atoms with Gasteiger partial charge < -0.3 is 5.32 Å². The van der Waals surface area contributed by atoms with E-state index in [9.17, 15) is 0 Å². The van der Waals surface area contributed by atoms with Crippen molar-refractivity contribution in [1.82, 2.24) is 10.3 Å². The maximum Gasteiger partial charge on any atom is 0.0985 e. The van der Waals surface area contributed by atoms with Gasteiger partial charge in [0.2, 0.25) is 0 Å². The Labute approximate surface area is 103 Å². The quantitative estimate of drug-likeness (QED) is 0.852. The molecule has 0 radical (unpaired) electrons. The van der Waals surface area contributed by atoms with Crippen LogP contribution in [-0.2, 0) is 18.4 Å². The molecule has 0 aromatic carbocycles. The maximum absolute atomic E-state index is 4.80. The molecule has 0 amide bonds. The molecule has 0 aliphatic rings. The van der Waals surface area contributed by atoms with Crippen LogP contribution in [0.3, 0.4) is 0 Å². The smallest absolute Gasteiger partial charge is 0.0985 e. The molecule has 1 rings (SSSR count). The molecule has 1 aromatic heterocycles. The molecule has 2 nitrogen and oxygen atoms in total. The Kier molecular flexibility index (Phi) is 4.93. The molecule has 0 aliphatic heterocycles. The van der Waals surface area contributed by atoms with Gasteiger partial charge in [-0.3, -0.25) is 0 Å². The monoisotopic (exact) mass is 240 g/mol. The number of aryl methyl sites for hydroxylation is 1. The van der Waals surface area contributed by atoms with Crippen LogP contribution in [0, 0.1) is 0 Å². The summed E-state index contributed by atoms with van der Waals surface area (Å²) in [6.45, 7) is 13.1. The zero-order valence-electron chi connectivity index (χ0n) is 11.2. The minimum atomic E-state index is 0.178. The first-order chi connectivity index (χ1) is 7.49. The highest BCUT2D eigenvalue weighted by atomic mass is 32.1. The lowest BCUT2D eigenvalue weighted by molar-refractivity contribution is 0.582. The number of rotatable bonds is 5. The maximum atomic E-state index is 4.80. The molecular weight excluding hydrogens is 216 g/mol. The normalized spacial score (nSPS) is 12.1. The standard InChI is InChI=1S/C13H24N2S/c1-6-8-10-11(9-14-7-2)16-12(15-10)13(3,4)5/h14H,6-9H2,1-5H3. The molecule has 1 N–H and O–H groups in total. The van der Waals surface area contributed by atoms with Gasteiger partial charge in [0, 0.05) is 16.8 Å². The van der Waals surface area contributed by atoms with E-state index >= 15 is 0 Å². The van der Waals surface area contributed by atoms with E-state index in [4.69, 9.17) is 4.98 Å². The molecule has 1 aromatic rings. The SMILES string of the molecule is CCCc1nc(C(C)(C)C)sc1CNCC. The van der Waals surface area contributed by atoms with Gasteiger partial charge in [-0.2, -0.15) is 0 Å². The summed E-state index contributed by atoms with van der Waals surface area (Å²) in [7, 11) is 0. The summed E-state index contributed by atoms with van der Waals surface area (Å²) in [5.74, 6) is 0. The zero-order valence-corrected chi connectivity index (χ0v) is 12.0. The average Bonchev–Trinajstić information content (AvgIpc) is 2.58. The summed E-state index contributed by atoms with van der Waals surface area (Å²) in [4.78, 5) is 6.23. The lowest BCUT2D eigenvalue weighted by atomic mass is 9.98. The molecule has 3 heteroatoms. The predicted molar refractivity (Wildman–Crippen MR) is 72.2 cm³/mol. The second kappa shape index (κ2) is 5.78. The molecule has 0 bridgehead atoms. The van der Waals surface area contributed by atoms with Crippen molar-refractivity contribution in [2.45, 2.75) is 59.4 Å². The highest BCUT2D eigenvalue weighted by Crippen LogP contribution is 2.29. The average molecular weight is 240 g/mol. The Balaban J connectivity index is 2.90. The van der Waals surface area contributed by atoms with E-state index in [1.54, 1.807) is 0 Å². The van der Waals surface area contributed by atoms with E-state index in [1.165, 1.54) is 22.0 Å². The lowest BCUT2D eigenvalue weighted by Gasteiger charge is -2.13. The van der Waals surface area contributed by atoms with Crippen molar-refractivity contribution in [3.63, 3.8) is 0 Å². The molecule has 92 valence electrons. The summed E-state index contributed by atoms with van der Waals surface area (Å²) in [6.07, 6.45) is 2.28. The van der Waals surface area contributed by atoms with Crippen LogP contribution in [0.1, 0.15) is 56.6 Å². The summed E-state index contributed by atoms with van der Waals surface area (Å²) < 4.78 is 0. The van der Waals surface area contributed by atoms with Crippen molar-refractivity contribution < 1.29 is 0 Å². The van der Waals surface area contributed by atoms with Crippen molar-refractivity contribution in [3.05, 3.63) is 15.6 Å². The molecule has 0 fully saturated rings. The molecule has 0 saturated heterocycles. The molecule has 0 unspecified atom stereocenters. The van der Waals surface area contributed by atoms with E-state index in [0.29, 0.717) is 0 Å².